The molecule has 5 heteroatoms. The maximum atomic E-state index is 11.9. The van der Waals surface area contributed by atoms with Crippen molar-refractivity contribution in [2.45, 2.75) is 6.92 Å². The Morgan fingerprint density at radius 3 is 2.31 bits per heavy atom. The molecular formula is C11H11N3O2. The fraction of sp³-hybridized carbons (Fsp3) is 0.182. The van der Waals surface area contributed by atoms with Crippen LogP contribution in [0.2, 0.25) is 0 Å². The third-order valence-electron chi connectivity index (χ3n) is 2.62. The van der Waals surface area contributed by atoms with Crippen LogP contribution in [0, 0.1) is 11.8 Å². The second-order valence-electron chi connectivity index (χ2n) is 3.50. The Hall–Kier alpha value is -2.17. The number of hydrogen-bond donors (Lipinski definition) is 0. The first kappa shape index (κ1) is 10.4. The van der Waals surface area contributed by atoms with Gasteiger partial charge in [0.15, 0.2) is 5.69 Å². The second kappa shape index (κ2) is 3.77. The minimum atomic E-state index is -0.388. The molecule has 0 atom stereocenters. The van der Waals surface area contributed by atoms with Gasteiger partial charge in [-0.3, -0.25) is 9.48 Å². The van der Waals surface area contributed by atoms with Gasteiger partial charge in [-0.15, -0.1) is 4.91 Å². The molecule has 1 aromatic carbocycles. The van der Waals surface area contributed by atoms with Crippen molar-refractivity contribution in [3.63, 3.8) is 0 Å². The summed E-state index contributed by atoms with van der Waals surface area (Å²) in [5.74, 6) is 0. The predicted molar refractivity (Wildman–Crippen MR) is 61.2 cm³/mol. The Morgan fingerprint density at radius 1 is 1.19 bits per heavy atom. The first-order valence-corrected chi connectivity index (χ1v) is 4.84. The van der Waals surface area contributed by atoms with Gasteiger partial charge in [0, 0.05) is 7.05 Å². The smallest absolute Gasteiger partial charge is 0.283 e. The summed E-state index contributed by atoms with van der Waals surface area (Å²) in [7, 11) is 1.72. The van der Waals surface area contributed by atoms with E-state index < -0.39 is 0 Å². The van der Waals surface area contributed by atoms with Crippen molar-refractivity contribution in [1.29, 1.82) is 0 Å². The number of hydrogen-bond acceptors (Lipinski definition) is 3. The van der Waals surface area contributed by atoms with Crippen LogP contribution in [0.25, 0.3) is 5.69 Å². The van der Waals surface area contributed by atoms with E-state index in [-0.39, 0.29) is 11.2 Å². The lowest BCUT2D eigenvalue weighted by Gasteiger charge is -2.07. The van der Waals surface area contributed by atoms with E-state index in [1.165, 1.54) is 4.68 Å². The maximum Gasteiger partial charge on any atom is 0.301 e. The monoisotopic (exact) mass is 217 g/mol. The normalized spacial score (nSPS) is 10.4. The van der Waals surface area contributed by atoms with E-state index in [0.717, 1.165) is 0 Å². The van der Waals surface area contributed by atoms with Gasteiger partial charge in [-0.25, -0.2) is 4.68 Å². The molecule has 1 heterocycles. The molecule has 0 aliphatic heterocycles. The molecule has 0 amide bonds. The van der Waals surface area contributed by atoms with Crippen molar-refractivity contribution in [2.24, 2.45) is 12.2 Å². The minimum absolute atomic E-state index is 0.0358. The van der Waals surface area contributed by atoms with Crippen molar-refractivity contribution in [3.05, 3.63) is 51.3 Å². The summed E-state index contributed by atoms with van der Waals surface area (Å²) in [4.78, 5) is 22.5. The van der Waals surface area contributed by atoms with Crippen LogP contribution in [0.1, 0.15) is 5.69 Å². The standard InChI is InChI=1S/C11H11N3O2/c1-8-10(12-16)11(15)14(13(8)2)9-6-4-3-5-7-9/h3-7H,1-2H3. The molecular weight excluding hydrogens is 206 g/mol. The van der Waals surface area contributed by atoms with Crippen LogP contribution < -0.4 is 5.56 Å². The molecule has 16 heavy (non-hydrogen) atoms. The van der Waals surface area contributed by atoms with Gasteiger partial charge in [0.05, 0.1) is 11.4 Å². The van der Waals surface area contributed by atoms with Crippen molar-refractivity contribution in [3.8, 4) is 5.69 Å². The Bertz CT molecular complexity index is 581. The van der Waals surface area contributed by atoms with Gasteiger partial charge in [-0.05, 0) is 24.2 Å². The summed E-state index contributed by atoms with van der Waals surface area (Å²) < 4.78 is 3.04. The van der Waals surface area contributed by atoms with Crippen LogP contribution >= 0.6 is 0 Å². The van der Waals surface area contributed by atoms with Gasteiger partial charge in [0.25, 0.3) is 0 Å². The lowest BCUT2D eigenvalue weighted by Crippen LogP contribution is -2.19. The highest BCUT2D eigenvalue weighted by molar-refractivity contribution is 5.43. The maximum absolute atomic E-state index is 11.9. The molecule has 0 N–H and O–H groups in total. The summed E-state index contributed by atoms with van der Waals surface area (Å²) in [6, 6.07) is 9.13. The molecule has 0 bridgehead atoms. The molecule has 0 aliphatic rings. The fourth-order valence-corrected chi connectivity index (χ4v) is 1.66. The van der Waals surface area contributed by atoms with Crippen LogP contribution in [0.3, 0.4) is 0 Å². The van der Waals surface area contributed by atoms with Gasteiger partial charge in [0.2, 0.25) is 0 Å². The first-order valence-electron chi connectivity index (χ1n) is 4.84. The van der Waals surface area contributed by atoms with Crippen LogP contribution in [-0.2, 0) is 7.05 Å². The largest absolute Gasteiger partial charge is 0.301 e. The van der Waals surface area contributed by atoms with E-state index in [0.29, 0.717) is 11.4 Å². The van der Waals surface area contributed by atoms with E-state index in [4.69, 9.17) is 0 Å². The number of para-hydroxylation sites is 1. The molecule has 0 fully saturated rings. The van der Waals surface area contributed by atoms with Gasteiger partial charge < -0.3 is 0 Å². The lowest BCUT2D eigenvalue weighted by atomic mass is 10.3. The molecule has 2 rings (SSSR count). The number of benzene rings is 1. The first-order chi connectivity index (χ1) is 7.66. The van der Waals surface area contributed by atoms with E-state index >= 15 is 0 Å². The van der Waals surface area contributed by atoms with Gasteiger partial charge in [-0.1, -0.05) is 18.2 Å². The second-order valence-corrected chi connectivity index (χ2v) is 3.50. The predicted octanol–water partition coefficient (Wildman–Crippen LogP) is 1.88. The Balaban J connectivity index is 2.77. The summed E-state index contributed by atoms with van der Waals surface area (Å²) in [5, 5.41) is 2.77. The highest BCUT2D eigenvalue weighted by Crippen LogP contribution is 2.15. The Kier molecular flexibility index (Phi) is 2.44. The summed E-state index contributed by atoms with van der Waals surface area (Å²) >= 11 is 0. The molecule has 82 valence electrons. The number of rotatable bonds is 2. The molecule has 0 saturated heterocycles. The highest BCUT2D eigenvalue weighted by atomic mass is 16.3. The van der Waals surface area contributed by atoms with Crippen LogP contribution in [-0.4, -0.2) is 9.36 Å². The van der Waals surface area contributed by atoms with Crippen LogP contribution in [0.4, 0.5) is 5.69 Å². The van der Waals surface area contributed by atoms with E-state index in [9.17, 15) is 9.70 Å². The molecule has 0 aliphatic carbocycles. The summed E-state index contributed by atoms with van der Waals surface area (Å²) in [5.41, 5.74) is 0.851. The van der Waals surface area contributed by atoms with Gasteiger partial charge in [0.1, 0.15) is 0 Å². The molecule has 2 aromatic rings. The number of aromatic nitrogens is 2. The third-order valence-corrected chi connectivity index (χ3v) is 2.62. The number of nitroso groups, excluding NO2 is 1. The van der Waals surface area contributed by atoms with Crippen molar-refractivity contribution in [1.82, 2.24) is 9.36 Å². The summed E-state index contributed by atoms with van der Waals surface area (Å²) in [6.45, 7) is 1.69. The highest BCUT2D eigenvalue weighted by Gasteiger charge is 2.15. The fourth-order valence-electron chi connectivity index (χ4n) is 1.66. The van der Waals surface area contributed by atoms with Crippen molar-refractivity contribution < 1.29 is 0 Å². The number of nitrogens with zero attached hydrogens (tertiary/aromatic N) is 3. The molecule has 0 radical (unpaired) electrons. The van der Waals surface area contributed by atoms with Crippen LogP contribution in [0.15, 0.2) is 40.3 Å². The lowest BCUT2D eigenvalue weighted by molar-refractivity contribution is 0.630. The SMILES string of the molecule is Cc1c(N=O)c(=O)n(-c2ccccc2)n1C. The summed E-state index contributed by atoms with van der Waals surface area (Å²) in [6.07, 6.45) is 0. The van der Waals surface area contributed by atoms with E-state index in [1.54, 1.807) is 30.8 Å². The zero-order valence-electron chi connectivity index (χ0n) is 9.04. The van der Waals surface area contributed by atoms with Gasteiger partial charge >= 0.3 is 5.56 Å². The van der Waals surface area contributed by atoms with Crippen molar-refractivity contribution in [2.75, 3.05) is 0 Å². The average molecular weight is 217 g/mol. The van der Waals surface area contributed by atoms with Gasteiger partial charge in [-0.2, -0.15) is 0 Å². The third kappa shape index (κ3) is 1.37. The van der Waals surface area contributed by atoms with Crippen molar-refractivity contribution >= 4 is 5.69 Å². The molecule has 5 nitrogen and oxygen atoms in total. The Morgan fingerprint density at radius 2 is 1.81 bits per heavy atom. The zero-order chi connectivity index (χ0) is 11.7. The topological polar surface area (TPSA) is 56.4 Å². The zero-order valence-corrected chi connectivity index (χ0v) is 9.04. The van der Waals surface area contributed by atoms with E-state index in [2.05, 4.69) is 5.18 Å². The van der Waals surface area contributed by atoms with E-state index in [1.807, 2.05) is 18.2 Å². The van der Waals surface area contributed by atoms with Crippen LogP contribution in [0.5, 0.6) is 0 Å². The molecule has 0 unspecified atom stereocenters. The molecule has 0 saturated carbocycles. The molecule has 0 spiro atoms. The Labute approximate surface area is 91.9 Å². The average Bonchev–Trinajstić information content (AvgIpc) is 2.51. The minimum Gasteiger partial charge on any atom is -0.283 e. The molecule has 1 aromatic heterocycles. The quantitative estimate of drug-likeness (QED) is 0.721.